The molecule has 0 saturated carbocycles. The van der Waals surface area contributed by atoms with Crippen LogP contribution in [0, 0.1) is 5.92 Å². The van der Waals surface area contributed by atoms with Crippen LogP contribution >= 0.6 is 22.9 Å². The van der Waals surface area contributed by atoms with E-state index >= 15 is 0 Å². The van der Waals surface area contributed by atoms with Crippen LogP contribution in [0.1, 0.15) is 80.6 Å². The summed E-state index contributed by atoms with van der Waals surface area (Å²) in [6, 6.07) is 6.64. The van der Waals surface area contributed by atoms with Gasteiger partial charge in [0.05, 0.1) is 18.8 Å². The predicted molar refractivity (Wildman–Crippen MR) is 152 cm³/mol. The van der Waals surface area contributed by atoms with Gasteiger partial charge < -0.3 is 19.5 Å². The maximum Gasteiger partial charge on any atom is 0.333 e. The standard InChI is InChI=1S/C29H37N3O5S2/c1-27(2,3)21-9-8-18(14-22(21)36-7)25(34)32-23(24-30-11-13-38-24)19(17-33)15-29(32,16-20-10-12-39-31-20)26(35)37-28(4,5)6/h8-14,19,23,33H,15-17H2,1-7H3/t19-,23-,29-/m1/s1. The van der Waals surface area contributed by atoms with E-state index in [1.807, 2.05) is 22.9 Å². The van der Waals surface area contributed by atoms with Gasteiger partial charge in [-0.15, -0.1) is 11.3 Å². The molecule has 39 heavy (non-hydrogen) atoms. The average Bonchev–Trinajstić information content (AvgIpc) is 3.62. The Bertz CT molecular complexity index is 1300. The summed E-state index contributed by atoms with van der Waals surface area (Å²) in [6.45, 7) is 11.4. The highest BCUT2D eigenvalue weighted by molar-refractivity contribution is 7.09. The van der Waals surface area contributed by atoms with Crippen molar-refractivity contribution < 1.29 is 24.2 Å². The van der Waals surface area contributed by atoms with Crippen LogP contribution in [0.4, 0.5) is 0 Å². The Balaban J connectivity index is 1.92. The normalized spacial score (nSPS) is 21.7. The fraction of sp³-hybridized carbons (Fsp3) is 0.517. The van der Waals surface area contributed by atoms with Crippen LogP contribution in [-0.2, 0) is 21.4 Å². The van der Waals surface area contributed by atoms with Crippen molar-refractivity contribution in [3.8, 4) is 5.75 Å². The molecule has 3 atom stereocenters. The van der Waals surface area contributed by atoms with Gasteiger partial charge in [0.2, 0.25) is 0 Å². The third-order valence-corrected chi connectivity index (χ3v) is 8.39. The zero-order chi connectivity index (χ0) is 28.6. The number of amides is 1. The molecule has 210 valence electrons. The summed E-state index contributed by atoms with van der Waals surface area (Å²) < 4.78 is 16.1. The Kier molecular flexibility index (Phi) is 8.21. The van der Waals surface area contributed by atoms with Crippen LogP contribution in [0.2, 0.25) is 0 Å². The number of methoxy groups -OCH3 is 1. The van der Waals surface area contributed by atoms with Crippen molar-refractivity contribution in [1.29, 1.82) is 0 Å². The van der Waals surface area contributed by atoms with Crippen molar-refractivity contribution in [3.63, 3.8) is 0 Å². The number of hydrogen-bond donors (Lipinski definition) is 1. The number of aromatic nitrogens is 2. The van der Waals surface area contributed by atoms with E-state index in [9.17, 15) is 14.7 Å². The maximum atomic E-state index is 14.6. The fourth-order valence-corrected chi connectivity index (χ4v) is 6.65. The molecule has 8 nitrogen and oxygen atoms in total. The molecule has 1 saturated heterocycles. The van der Waals surface area contributed by atoms with E-state index in [0.717, 1.165) is 5.56 Å². The van der Waals surface area contributed by atoms with Crippen molar-refractivity contribution in [3.05, 3.63) is 63.1 Å². The molecule has 1 fully saturated rings. The number of aliphatic hydroxyl groups is 1. The van der Waals surface area contributed by atoms with Crippen molar-refractivity contribution >= 4 is 34.7 Å². The number of esters is 1. The number of thiazole rings is 1. The molecule has 0 aliphatic carbocycles. The lowest BCUT2D eigenvalue weighted by Crippen LogP contribution is -2.57. The van der Waals surface area contributed by atoms with E-state index < -0.39 is 29.1 Å². The number of benzene rings is 1. The second-order valence-corrected chi connectivity index (χ2v) is 13.6. The second kappa shape index (κ2) is 11.0. The fourth-order valence-electron chi connectivity index (χ4n) is 5.29. The summed E-state index contributed by atoms with van der Waals surface area (Å²) in [5, 5.41) is 14.9. The van der Waals surface area contributed by atoms with E-state index in [4.69, 9.17) is 9.47 Å². The van der Waals surface area contributed by atoms with Gasteiger partial charge in [-0.2, -0.15) is 4.37 Å². The van der Waals surface area contributed by atoms with Gasteiger partial charge in [0.25, 0.3) is 5.91 Å². The highest BCUT2D eigenvalue weighted by Crippen LogP contribution is 2.50. The van der Waals surface area contributed by atoms with Gasteiger partial charge in [0, 0.05) is 41.5 Å². The zero-order valence-electron chi connectivity index (χ0n) is 23.6. The smallest absolute Gasteiger partial charge is 0.333 e. The van der Waals surface area contributed by atoms with Gasteiger partial charge in [-0.05, 0) is 67.9 Å². The molecule has 1 amide bonds. The molecule has 1 aromatic carbocycles. The Morgan fingerprint density at radius 2 is 1.90 bits per heavy atom. The first-order valence-electron chi connectivity index (χ1n) is 13.0. The summed E-state index contributed by atoms with van der Waals surface area (Å²) in [5.41, 5.74) is -0.359. The number of hydrogen-bond acceptors (Lipinski definition) is 9. The lowest BCUT2D eigenvalue weighted by Gasteiger charge is -2.40. The summed E-state index contributed by atoms with van der Waals surface area (Å²) >= 11 is 2.68. The lowest BCUT2D eigenvalue weighted by atomic mass is 9.85. The Hall–Kier alpha value is -2.82. The van der Waals surface area contributed by atoms with Crippen LogP contribution in [0.5, 0.6) is 5.75 Å². The van der Waals surface area contributed by atoms with Gasteiger partial charge in [0.1, 0.15) is 21.9 Å². The highest BCUT2D eigenvalue weighted by Gasteiger charge is 2.60. The SMILES string of the molecule is COc1cc(C(=O)N2[C@@H](c3nccs3)[C@@H](CO)C[C@@]2(Cc2ccsn2)C(=O)OC(C)(C)C)ccc1C(C)(C)C. The molecule has 1 aliphatic heterocycles. The summed E-state index contributed by atoms with van der Waals surface area (Å²) in [4.78, 5) is 34.9. The number of ether oxygens (including phenoxy) is 2. The molecule has 0 unspecified atom stereocenters. The largest absolute Gasteiger partial charge is 0.496 e. The van der Waals surface area contributed by atoms with Crippen LogP contribution in [-0.4, -0.2) is 56.1 Å². The number of carbonyl (C=O) groups excluding carboxylic acids is 2. The molecule has 0 radical (unpaired) electrons. The quantitative estimate of drug-likeness (QED) is 0.378. The summed E-state index contributed by atoms with van der Waals surface area (Å²) in [5.74, 6) is -0.709. The van der Waals surface area contributed by atoms with Crippen molar-refractivity contribution in [2.24, 2.45) is 5.92 Å². The number of aliphatic hydroxyl groups excluding tert-OH is 1. The molecule has 1 N–H and O–H groups in total. The maximum absolute atomic E-state index is 14.6. The molecule has 0 bridgehead atoms. The second-order valence-electron chi connectivity index (χ2n) is 12.0. The molecule has 2 aromatic heterocycles. The van der Waals surface area contributed by atoms with Crippen molar-refractivity contribution in [2.75, 3.05) is 13.7 Å². The third kappa shape index (κ3) is 5.88. The van der Waals surface area contributed by atoms with Crippen molar-refractivity contribution in [1.82, 2.24) is 14.3 Å². The first kappa shape index (κ1) is 29.2. The van der Waals surface area contributed by atoms with Crippen LogP contribution in [0.15, 0.2) is 41.2 Å². The Morgan fingerprint density at radius 1 is 1.15 bits per heavy atom. The number of nitrogens with zero attached hydrogens (tertiary/aromatic N) is 3. The van der Waals surface area contributed by atoms with Crippen molar-refractivity contribution in [2.45, 2.75) is 77.0 Å². The van der Waals surface area contributed by atoms with Gasteiger partial charge in [-0.3, -0.25) is 4.79 Å². The minimum absolute atomic E-state index is 0.159. The highest BCUT2D eigenvalue weighted by atomic mass is 32.1. The van der Waals surface area contributed by atoms with E-state index in [1.54, 1.807) is 51.1 Å². The minimum atomic E-state index is -1.40. The molecular formula is C29H37N3O5S2. The van der Waals surface area contributed by atoms with E-state index in [1.165, 1.54) is 22.9 Å². The third-order valence-electron chi connectivity index (χ3n) is 6.94. The predicted octanol–water partition coefficient (Wildman–Crippen LogP) is 5.42. The molecule has 0 spiro atoms. The molecule has 10 heteroatoms. The number of likely N-dealkylation sites (tertiary alicyclic amines) is 1. The van der Waals surface area contributed by atoms with Gasteiger partial charge in [-0.1, -0.05) is 26.8 Å². The van der Waals surface area contributed by atoms with Gasteiger partial charge in [-0.25, -0.2) is 9.78 Å². The lowest BCUT2D eigenvalue weighted by molar-refractivity contribution is -0.167. The Morgan fingerprint density at radius 3 is 2.44 bits per heavy atom. The Labute approximate surface area is 238 Å². The van der Waals surface area contributed by atoms with E-state index in [-0.39, 0.29) is 30.8 Å². The number of rotatable bonds is 7. The van der Waals surface area contributed by atoms with Gasteiger partial charge in [0.15, 0.2) is 0 Å². The van der Waals surface area contributed by atoms with Crippen LogP contribution in [0.3, 0.4) is 0 Å². The first-order chi connectivity index (χ1) is 18.3. The van der Waals surface area contributed by atoms with E-state index in [2.05, 4.69) is 30.1 Å². The molecule has 3 heterocycles. The summed E-state index contributed by atoms with van der Waals surface area (Å²) in [6.07, 6.45) is 2.04. The molecule has 4 rings (SSSR count). The zero-order valence-corrected chi connectivity index (χ0v) is 25.2. The topological polar surface area (TPSA) is 102 Å². The van der Waals surface area contributed by atoms with Gasteiger partial charge >= 0.3 is 5.97 Å². The molecule has 1 aliphatic rings. The molecular weight excluding hydrogens is 534 g/mol. The van der Waals surface area contributed by atoms with Crippen LogP contribution < -0.4 is 4.74 Å². The first-order valence-corrected chi connectivity index (χ1v) is 14.7. The summed E-state index contributed by atoms with van der Waals surface area (Å²) in [7, 11) is 1.59. The molecule has 3 aromatic rings. The van der Waals surface area contributed by atoms with Crippen LogP contribution in [0.25, 0.3) is 0 Å². The van der Waals surface area contributed by atoms with E-state index in [0.29, 0.717) is 22.0 Å². The minimum Gasteiger partial charge on any atom is -0.496 e. The monoisotopic (exact) mass is 571 g/mol. The number of carbonyl (C=O) groups is 2. The average molecular weight is 572 g/mol.